The fourth-order valence-corrected chi connectivity index (χ4v) is 3.01. The van der Waals surface area contributed by atoms with Crippen LogP contribution in [0.2, 0.25) is 0 Å². The van der Waals surface area contributed by atoms with Gasteiger partial charge in [0.2, 0.25) is 5.13 Å². The second kappa shape index (κ2) is 6.33. The van der Waals surface area contributed by atoms with Crippen LogP contribution < -0.4 is 0 Å². The van der Waals surface area contributed by atoms with Crippen LogP contribution in [0.1, 0.15) is 24.7 Å². The third-order valence-electron chi connectivity index (χ3n) is 3.29. The molecule has 0 unspecified atom stereocenters. The van der Waals surface area contributed by atoms with Crippen LogP contribution in [0.15, 0.2) is 29.6 Å². The van der Waals surface area contributed by atoms with Gasteiger partial charge >= 0.3 is 0 Å². The van der Waals surface area contributed by atoms with Crippen LogP contribution in [0.4, 0.5) is 4.39 Å². The van der Waals surface area contributed by atoms with Crippen LogP contribution in [0, 0.1) is 5.82 Å². The quantitative estimate of drug-likeness (QED) is 0.785. The zero-order chi connectivity index (χ0) is 15.5. The minimum absolute atomic E-state index is 0.133. The Hall–Kier alpha value is -2.12. The largest absolute Gasteiger partial charge is 0.390 e. The van der Waals surface area contributed by atoms with Crippen molar-refractivity contribution in [2.75, 3.05) is 0 Å². The number of hydrogen-bond acceptors (Lipinski definition) is 5. The third kappa shape index (κ3) is 2.77. The predicted molar refractivity (Wildman–Crippen MR) is 82.3 cm³/mol. The Bertz CT molecular complexity index is 766. The molecule has 2 aromatic heterocycles. The molecule has 3 rings (SSSR count). The molecule has 0 saturated carbocycles. The number of aliphatic hydroxyl groups is 1. The molecule has 114 valence electrons. The Labute approximate surface area is 131 Å². The highest BCUT2D eigenvalue weighted by Gasteiger charge is 2.15. The summed E-state index contributed by atoms with van der Waals surface area (Å²) in [5.74, 6) is -0.270. The molecule has 0 amide bonds. The van der Waals surface area contributed by atoms with Crippen molar-refractivity contribution in [3.63, 3.8) is 0 Å². The Balaban J connectivity index is 1.97. The Morgan fingerprint density at radius 2 is 2.05 bits per heavy atom. The van der Waals surface area contributed by atoms with E-state index in [0.29, 0.717) is 10.8 Å². The number of rotatable bonds is 5. The molecule has 0 aliphatic heterocycles. The number of hydrogen-bond donors (Lipinski definition) is 1. The molecule has 0 fully saturated rings. The van der Waals surface area contributed by atoms with Gasteiger partial charge in [-0.05, 0) is 30.7 Å². The fraction of sp³-hybridized carbons (Fsp3) is 0.267. The molecule has 0 saturated heterocycles. The summed E-state index contributed by atoms with van der Waals surface area (Å²) in [6.07, 6.45) is 1.70. The van der Waals surface area contributed by atoms with Gasteiger partial charge in [-0.2, -0.15) is 4.68 Å². The first-order valence-corrected chi connectivity index (χ1v) is 7.87. The van der Waals surface area contributed by atoms with E-state index < -0.39 is 0 Å². The van der Waals surface area contributed by atoms with E-state index in [1.165, 1.54) is 23.5 Å². The summed E-state index contributed by atoms with van der Waals surface area (Å²) >= 11 is 1.44. The monoisotopic (exact) mass is 318 g/mol. The van der Waals surface area contributed by atoms with Gasteiger partial charge < -0.3 is 5.11 Å². The summed E-state index contributed by atoms with van der Waals surface area (Å²) in [5, 5.41) is 20.0. The van der Waals surface area contributed by atoms with Gasteiger partial charge in [0, 0.05) is 10.9 Å². The van der Waals surface area contributed by atoms with Crippen molar-refractivity contribution in [1.82, 2.24) is 20.0 Å². The van der Waals surface area contributed by atoms with Crippen LogP contribution in [0.25, 0.3) is 16.4 Å². The minimum Gasteiger partial charge on any atom is -0.390 e. The minimum atomic E-state index is -0.270. The lowest BCUT2D eigenvalue weighted by molar-refractivity contribution is 0.275. The Morgan fingerprint density at radius 3 is 2.73 bits per heavy atom. The average Bonchev–Trinajstić information content (AvgIpc) is 3.15. The van der Waals surface area contributed by atoms with Crippen molar-refractivity contribution in [1.29, 1.82) is 0 Å². The topological polar surface area (TPSA) is 63.8 Å². The summed E-state index contributed by atoms with van der Waals surface area (Å²) in [4.78, 5) is 4.55. The summed E-state index contributed by atoms with van der Waals surface area (Å²) in [6, 6.07) is 6.22. The van der Waals surface area contributed by atoms with Crippen molar-refractivity contribution in [2.24, 2.45) is 0 Å². The van der Waals surface area contributed by atoms with Crippen LogP contribution in [0.5, 0.6) is 0 Å². The normalized spacial score (nSPS) is 11.0. The smallest absolute Gasteiger partial charge is 0.212 e. The lowest BCUT2D eigenvalue weighted by Gasteiger charge is -2.02. The van der Waals surface area contributed by atoms with Gasteiger partial charge in [0.1, 0.15) is 11.5 Å². The molecule has 1 N–H and O–H groups in total. The first-order chi connectivity index (χ1) is 10.7. The highest BCUT2D eigenvalue weighted by molar-refractivity contribution is 7.12. The zero-order valence-corrected chi connectivity index (χ0v) is 12.8. The fourth-order valence-electron chi connectivity index (χ4n) is 2.21. The van der Waals surface area contributed by atoms with Crippen LogP contribution in [0.3, 0.4) is 0 Å². The first-order valence-electron chi connectivity index (χ1n) is 6.99. The average molecular weight is 318 g/mol. The molecule has 0 aliphatic carbocycles. The molecule has 7 heteroatoms. The SMILES string of the molecule is CCCc1c(CO)nnn1-c1nc(-c2ccc(F)cc2)cs1. The summed E-state index contributed by atoms with van der Waals surface area (Å²) in [7, 11) is 0. The number of nitrogens with zero attached hydrogens (tertiary/aromatic N) is 4. The standard InChI is InChI=1S/C15H15FN4OS/c1-2-3-14-12(8-21)18-19-20(14)15-17-13(9-22-15)10-4-6-11(16)7-5-10/h4-7,9,21H,2-3,8H2,1H3. The van der Waals surface area contributed by atoms with Gasteiger partial charge in [-0.3, -0.25) is 0 Å². The van der Waals surface area contributed by atoms with E-state index in [4.69, 9.17) is 0 Å². The first kappa shape index (κ1) is 14.8. The Morgan fingerprint density at radius 1 is 1.27 bits per heavy atom. The molecule has 22 heavy (non-hydrogen) atoms. The zero-order valence-electron chi connectivity index (χ0n) is 12.0. The molecule has 3 aromatic rings. The van der Waals surface area contributed by atoms with Crippen molar-refractivity contribution in [2.45, 2.75) is 26.4 Å². The lowest BCUT2D eigenvalue weighted by Crippen LogP contribution is -2.03. The molecule has 0 radical (unpaired) electrons. The number of aromatic nitrogens is 4. The highest BCUT2D eigenvalue weighted by atomic mass is 32.1. The second-order valence-electron chi connectivity index (χ2n) is 4.82. The van der Waals surface area contributed by atoms with Crippen molar-refractivity contribution in [3.8, 4) is 16.4 Å². The van der Waals surface area contributed by atoms with E-state index in [2.05, 4.69) is 22.2 Å². The van der Waals surface area contributed by atoms with Crippen LogP contribution in [-0.4, -0.2) is 25.1 Å². The van der Waals surface area contributed by atoms with E-state index in [0.717, 1.165) is 29.8 Å². The van der Waals surface area contributed by atoms with Crippen LogP contribution >= 0.6 is 11.3 Å². The highest BCUT2D eigenvalue weighted by Crippen LogP contribution is 2.25. The maximum absolute atomic E-state index is 13.0. The van der Waals surface area contributed by atoms with Crippen LogP contribution in [-0.2, 0) is 13.0 Å². The molecule has 0 aliphatic rings. The molecule has 0 spiro atoms. The van der Waals surface area contributed by atoms with Gasteiger partial charge in [-0.1, -0.05) is 18.6 Å². The lowest BCUT2D eigenvalue weighted by atomic mass is 10.2. The van der Waals surface area contributed by atoms with Gasteiger partial charge in [0.15, 0.2) is 0 Å². The summed E-state index contributed by atoms with van der Waals surface area (Å²) in [6.45, 7) is 1.93. The van der Waals surface area contributed by atoms with E-state index >= 15 is 0 Å². The Kier molecular flexibility index (Phi) is 4.26. The second-order valence-corrected chi connectivity index (χ2v) is 5.66. The molecule has 2 heterocycles. The third-order valence-corrected chi connectivity index (χ3v) is 4.11. The number of benzene rings is 1. The molecule has 5 nitrogen and oxygen atoms in total. The van der Waals surface area contributed by atoms with E-state index in [-0.39, 0.29) is 12.4 Å². The maximum atomic E-state index is 13.0. The maximum Gasteiger partial charge on any atom is 0.212 e. The molecule has 0 atom stereocenters. The van der Waals surface area contributed by atoms with E-state index in [9.17, 15) is 9.50 Å². The van der Waals surface area contributed by atoms with Gasteiger partial charge in [-0.15, -0.1) is 16.4 Å². The van der Waals surface area contributed by atoms with Gasteiger partial charge in [0.05, 0.1) is 18.0 Å². The van der Waals surface area contributed by atoms with Crippen molar-refractivity contribution >= 4 is 11.3 Å². The van der Waals surface area contributed by atoms with Crippen molar-refractivity contribution < 1.29 is 9.50 Å². The molecular formula is C15H15FN4OS. The predicted octanol–water partition coefficient (Wildman–Crippen LogP) is 2.97. The van der Waals surface area contributed by atoms with E-state index in [1.54, 1.807) is 16.8 Å². The number of aliphatic hydroxyl groups excluding tert-OH is 1. The molecule has 1 aromatic carbocycles. The van der Waals surface area contributed by atoms with Gasteiger partial charge in [-0.25, -0.2) is 9.37 Å². The number of thiazole rings is 1. The van der Waals surface area contributed by atoms with Gasteiger partial charge in [0.25, 0.3) is 0 Å². The summed E-state index contributed by atoms with van der Waals surface area (Å²) < 4.78 is 14.7. The van der Waals surface area contributed by atoms with Crippen molar-refractivity contribution in [3.05, 3.63) is 46.9 Å². The molecular weight excluding hydrogens is 303 g/mol. The van der Waals surface area contributed by atoms with E-state index in [1.807, 2.05) is 5.38 Å². The number of halogens is 1. The summed E-state index contributed by atoms with van der Waals surface area (Å²) in [5.41, 5.74) is 3.08. The molecule has 0 bridgehead atoms.